The first-order valence-corrected chi connectivity index (χ1v) is 7.67. The molecule has 0 aliphatic heterocycles. The monoisotopic (exact) mass is 322 g/mol. The lowest BCUT2D eigenvalue weighted by molar-refractivity contribution is 0.804. The average Bonchev–Trinajstić information content (AvgIpc) is 2.61. The quantitative estimate of drug-likeness (QED) is 0.701. The third kappa shape index (κ3) is 3.24. The highest BCUT2D eigenvalue weighted by atomic mass is 16.1. The molecular formula is C17H18N6O. The van der Waals surface area contributed by atoms with E-state index in [1.807, 2.05) is 24.3 Å². The minimum atomic E-state index is -0.373. The van der Waals surface area contributed by atoms with Crippen LogP contribution in [0.15, 0.2) is 53.6 Å². The topological polar surface area (TPSA) is 84.7 Å². The van der Waals surface area contributed by atoms with Gasteiger partial charge in [0.05, 0.1) is 11.4 Å². The van der Waals surface area contributed by atoms with Crippen molar-refractivity contribution in [3.8, 4) is 5.69 Å². The van der Waals surface area contributed by atoms with Crippen LogP contribution in [0.4, 0.5) is 11.6 Å². The third-order valence-corrected chi connectivity index (χ3v) is 3.60. The summed E-state index contributed by atoms with van der Waals surface area (Å²) in [6, 6.07) is 11.3. The van der Waals surface area contributed by atoms with Crippen LogP contribution >= 0.6 is 0 Å². The molecule has 7 nitrogen and oxygen atoms in total. The van der Waals surface area contributed by atoms with E-state index in [4.69, 9.17) is 0 Å². The van der Waals surface area contributed by atoms with Crippen molar-refractivity contribution in [2.75, 3.05) is 10.9 Å². The van der Waals surface area contributed by atoms with Crippen molar-refractivity contribution in [1.82, 2.24) is 19.5 Å². The fraction of sp³-hybridized carbons (Fsp3) is 0.176. The highest BCUT2D eigenvalue weighted by Gasteiger charge is 2.11. The number of rotatable bonds is 5. The van der Waals surface area contributed by atoms with Gasteiger partial charge >= 0.3 is 5.69 Å². The second-order valence-corrected chi connectivity index (χ2v) is 5.18. The molecule has 7 heteroatoms. The van der Waals surface area contributed by atoms with Crippen molar-refractivity contribution in [2.45, 2.75) is 20.3 Å². The number of nitrogens with zero attached hydrogens (tertiary/aromatic N) is 4. The van der Waals surface area contributed by atoms with Crippen molar-refractivity contribution in [2.24, 2.45) is 0 Å². The molecule has 2 aromatic heterocycles. The Bertz CT molecular complexity index is 891. The molecule has 0 saturated carbocycles. The van der Waals surface area contributed by atoms with Gasteiger partial charge in [0.1, 0.15) is 5.82 Å². The molecule has 1 aromatic carbocycles. The summed E-state index contributed by atoms with van der Waals surface area (Å²) in [5.74, 6) is 0.787. The first-order chi connectivity index (χ1) is 11.7. The van der Waals surface area contributed by atoms with Crippen molar-refractivity contribution in [1.29, 1.82) is 0 Å². The zero-order valence-corrected chi connectivity index (χ0v) is 13.5. The van der Waals surface area contributed by atoms with Crippen LogP contribution in [0.25, 0.3) is 5.69 Å². The first kappa shape index (κ1) is 15.7. The smallest absolute Gasteiger partial charge is 0.298 e. The molecule has 0 aliphatic rings. The summed E-state index contributed by atoms with van der Waals surface area (Å²) < 4.78 is 1.52. The van der Waals surface area contributed by atoms with E-state index >= 15 is 0 Å². The van der Waals surface area contributed by atoms with Gasteiger partial charge in [-0.15, -0.1) is 0 Å². The lowest BCUT2D eigenvalue weighted by Gasteiger charge is -2.14. The summed E-state index contributed by atoms with van der Waals surface area (Å²) in [4.78, 5) is 24.8. The average molecular weight is 322 g/mol. The van der Waals surface area contributed by atoms with E-state index in [1.54, 1.807) is 31.5 Å². The number of hydrogen-bond donors (Lipinski definition) is 2. The molecule has 0 spiro atoms. The Balaban J connectivity index is 1.90. The van der Waals surface area contributed by atoms with E-state index < -0.39 is 0 Å². The second kappa shape index (κ2) is 6.91. The van der Waals surface area contributed by atoms with Crippen LogP contribution in [0.1, 0.15) is 18.3 Å². The van der Waals surface area contributed by atoms with Gasteiger partial charge in [-0.25, -0.2) is 9.36 Å². The van der Waals surface area contributed by atoms with E-state index in [-0.39, 0.29) is 11.6 Å². The second-order valence-electron chi connectivity index (χ2n) is 5.18. The molecule has 0 saturated heterocycles. The van der Waals surface area contributed by atoms with Gasteiger partial charge in [-0.05, 0) is 37.1 Å². The fourth-order valence-electron chi connectivity index (χ4n) is 2.43. The molecular weight excluding hydrogens is 304 g/mol. The Morgan fingerprint density at radius 1 is 1.04 bits per heavy atom. The lowest BCUT2D eigenvalue weighted by atomic mass is 10.1. The van der Waals surface area contributed by atoms with E-state index in [1.165, 1.54) is 4.57 Å². The summed E-state index contributed by atoms with van der Waals surface area (Å²) in [5.41, 5.74) is 8.08. The van der Waals surface area contributed by atoms with Gasteiger partial charge < -0.3 is 0 Å². The van der Waals surface area contributed by atoms with Crippen molar-refractivity contribution >= 4 is 11.6 Å². The zero-order chi connectivity index (χ0) is 16.9. The maximum Gasteiger partial charge on any atom is 0.356 e. The highest BCUT2D eigenvalue weighted by Crippen LogP contribution is 2.15. The maximum atomic E-state index is 12.5. The molecule has 0 amide bonds. The van der Waals surface area contributed by atoms with Gasteiger partial charge in [0.15, 0.2) is 0 Å². The largest absolute Gasteiger partial charge is 0.356 e. The van der Waals surface area contributed by atoms with Crippen LogP contribution < -0.4 is 16.5 Å². The van der Waals surface area contributed by atoms with Crippen molar-refractivity contribution in [3.05, 3.63) is 70.7 Å². The number of para-hydroxylation sites is 1. The van der Waals surface area contributed by atoms with Crippen LogP contribution in [-0.4, -0.2) is 19.5 Å². The Kier molecular flexibility index (Phi) is 4.51. The number of nitrogens with one attached hydrogen (secondary N) is 2. The van der Waals surface area contributed by atoms with Gasteiger partial charge in [0.2, 0.25) is 5.95 Å². The van der Waals surface area contributed by atoms with Gasteiger partial charge in [0, 0.05) is 12.4 Å². The lowest BCUT2D eigenvalue weighted by Crippen LogP contribution is -2.28. The summed E-state index contributed by atoms with van der Waals surface area (Å²) in [6.07, 6.45) is 4.15. The summed E-state index contributed by atoms with van der Waals surface area (Å²) in [6.45, 7) is 3.84. The number of aryl methyl sites for hydroxylation is 2. The number of aromatic nitrogens is 4. The van der Waals surface area contributed by atoms with Crippen LogP contribution in [-0.2, 0) is 6.42 Å². The molecule has 0 unspecified atom stereocenters. The maximum absolute atomic E-state index is 12.5. The highest BCUT2D eigenvalue weighted by molar-refractivity contribution is 5.46. The van der Waals surface area contributed by atoms with Gasteiger partial charge in [-0.2, -0.15) is 9.97 Å². The van der Waals surface area contributed by atoms with Crippen LogP contribution in [0, 0.1) is 6.92 Å². The van der Waals surface area contributed by atoms with Crippen LogP contribution in [0.5, 0.6) is 0 Å². The standard InChI is InChI=1S/C17H18N6O/c1-3-13-6-4-5-7-15(13)23-12(2)19-16(20-17(23)24)22-21-14-8-10-18-11-9-14/h4-11H,3H2,1-2H3,(H,18,21)(H,20,22,24). The molecule has 2 N–H and O–H groups in total. The van der Waals surface area contributed by atoms with E-state index in [0.29, 0.717) is 5.82 Å². The van der Waals surface area contributed by atoms with E-state index in [2.05, 4.69) is 32.7 Å². The number of hydrogen-bond acceptors (Lipinski definition) is 6. The number of anilines is 2. The van der Waals surface area contributed by atoms with Crippen LogP contribution in [0.2, 0.25) is 0 Å². The Labute approximate surface area is 139 Å². The van der Waals surface area contributed by atoms with Crippen molar-refractivity contribution < 1.29 is 0 Å². The SMILES string of the molecule is CCc1ccccc1-n1c(C)nc(NNc2ccncc2)nc1=O. The summed E-state index contributed by atoms with van der Waals surface area (Å²) in [7, 11) is 0. The molecule has 2 heterocycles. The van der Waals surface area contributed by atoms with Gasteiger partial charge in [-0.3, -0.25) is 15.8 Å². The van der Waals surface area contributed by atoms with Crippen molar-refractivity contribution in [3.63, 3.8) is 0 Å². The molecule has 3 aromatic rings. The molecule has 122 valence electrons. The minimum absolute atomic E-state index is 0.222. The van der Waals surface area contributed by atoms with E-state index in [0.717, 1.165) is 23.4 Å². The number of benzene rings is 1. The predicted molar refractivity (Wildman–Crippen MR) is 93.2 cm³/mol. The third-order valence-electron chi connectivity index (χ3n) is 3.60. The normalized spacial score (nSPS) is 10.4. The number of pyridine rings is 1. The molecule has 24 heavy (non-hydrogen) atoms. The van der Waals surface area contributed by atoms with Gasteiger partial charge in [0.25, 0.3) is 0 Å². The Morgan fingerprint density at radius 3 is 2.50 bits per heavy atom. The fourth-order valence-corrected chi connectivity index (χ4v) is 2.43. The Hall–Kier alpha value is -3.22. The molecule has 0 atom stereocenters. The van der Waals surface area contributed by atoms with E-state index in [9.17, 15) is 4.79 Å². The summed E-state index contributed by atoms with van der Waals surface area (Å²) in [5, 5.41) is 0. The molecule has 0 bridgehead atoms. The molecule has 3 rings (SSSR count). The van der Waals surface area contributed by atoms with Gasteiger partial charge in [-0.1, -0.05) is 25.1 Å². The zero-order valence-electron chi connectivity index (χ0n) is 13.5. The molecule has 0 radical (unpaired) electrons. The summed E-state index contributed by atoms with van der Waals surface area (Å²) >= 11 is 0. The number of hydrazine groups is 1. The molecule has 0 aliphatic carbocycles. The molecule has 0 fully saturated rings. The van der Waals surface area contributed by atoms with Crippen LogP contribution in [0.3, 0.4) is 0 Å². The predicted octanol–water partition coefficient (Wildman–Crippen LogP) is 2.33. The Morgan fingerprint density at radius 2 is 1.79 bits per heavy atom. The minimum Gasteiger partial charge on any atom is -0.298 e. The first-order valence-electron chi connectivity index (χ1n) is 7.67.